The van der Waals surface area contributed by atoms with E-state index in [1.807, 2.05) is 43.3 Å². The molecule has 5 aromatic rings. The molecule has 1 N–H and O–H groups in total. The topological polar surface area (TPSA) is 57.8 Å². The molecule has 0 fully saturated rings. The first-order chi connectivity index (χ1) is 19.6. The minimum absolute atomic E-state index is 0.0537. The normalized spacial score (nSPS) is 12.2. The number of carbonyl (C=O) groups is 1. The summed E-state index contributed by atoms with van der Waals surface area (Å²) in [6.45, 7) is 13.6. The third-order valence-electron chi connectivity index (χ3n) is 8.15. The maximum absolute atomic E-state index is 13.3. The summed E-state index contributed by atoms with van der Waals surface area (Å²) in [6.07, 6.45) is 0. The van der Waals surface area contributed by atoms with Crippen molar-refractivity contribution in [2.45, 2.75) is 59.5 Å². The molecular formula is C37H37N3O. The predicted octanol–water partition coefficient (Wildman–Crippen LogP) is 8.63. The number of carbonyl (C=O) groups excluding carboxylic acids is 1. The Hall–Kier alpha value is -4.62. The van der Waals surface area contributed by atoms with Crippen LogP contribution in [0, 0.1) is 25.2 Å². The smallest absolute Gasteiger partial charge is 0.251 e. The van der Waals surface area contributed by atoms with Crippen molar-refractivity contribution < 1.29 is 4.79 Å². The van der Waals surface area contributed by atoms with Gasteiger partial charge in [-0.15, -0.1) is 0 Å². The molecular weight excluding hydrogens is 502 g/mol. The zero-order chi connectivity index (χ0) is 29.3. The Labute approximate surface area is 243 Å². The molecule has 0 unspecified atom stereocenters. The first kappa shape index (κ1) is 27.9. The molecule has 1 atom stereocenters. The number of amides is 1. The quantitative estimate of drug-likeness (QED) is 0.235. The first-order valence-corrected chi connectivity index (χ1v) is 14.2. The summed E-state index contributed by atoms with van der Waals surface area (Å²) >= 11 is 0. The summed E-state index contributed by atoms with van der Waals surface area (Å²) in [7, 11) is 0. The van der Waals surface area contributed by atoms with Gasteiger partial charge in [0.25, 0.3) is 5.91 Å². The van der Waals surface area contributed by atoms with E-state index in [0.717, 1.165) is 34.1 Å². The Balaban J connectivity index is 1.37. The molecule has 206 valence electrons. The van der Waals surface area contributed by atoms with Crippen LogP contribution >= 0.6 is 0 Å². The van der Waals surface area contributed by atoms with E-state index in [1.54, 1.807) is 0 Å². The van der Waals surface area contributed by atoms with E-state index in [0.29, 0.717) is 11.1 Å². The van der Waals surface area contributed by atoms with Crippen LogP contribution in [0.25, 0.3) is 22.0 Å². The largest absolute Gasteiger partial charge is 0.346 e. The van der Waals surface area contributed by atoms with Gasteiger partial charge in [-0.3, -0.25) is 4.79 Å². The van der Waals surface area contributed by atoms with Crippen molar-refractivity contribution >= 4 is 16.8 Å². The maximum atomic E-state index is 13.3. The van der Waals surface area contributed by atoms with Crippen molar-refractivity contribution in [3.63, 3.8) is 0 Å². The van der Waals surface area contributed by atoms with Crippen LogP contribution in [0.15, 0.2) is 91.0 Å². The van der Waals surface area contributed by atoms with E-state index in [2.05, 4.69) is 105 Å². The van der Waals surface area contributed by atoms with Crippen LogP contribution in [0.2, 0.25) is 0 Å². The highest BCUT2D eigenvalue weighted by molar-refractivity contribution is 5.99. The molecule has 0 aliphatic rings. The number of fused-ring (bicyclic) bond motifs is 1. The van der Waals surface area contributed by atoms with Crippen LogP contribution < -0.4 is 5.32 Å². The molecule has 0 saturated carbocycles. The molecule has 41 heavy (non-hydrogen) atoms. The number of nitriles is 1. The fraction of sp³-hybridized carbons (Fsp3) is 0.243. The molecule has 0 aliphatic carbocycles. The minimum atomic E-state index is -0.101. The van der Waals surface area contributed by atoms with Gasteiger partial charge in [-0.1, -0.05) is 87.5 Å². The molecule has 5 rings (SSSR count). The van der Waals surface area contributed by atoms with E-state index in [-0.39, 0.29) is 17.4 Å². The highest BCUT2D eigenvalue weighted by Crippen LogP contribution is 2.29. The van der Waals surface area contributed by atoms with Crippen LogP contribution in [0.5, 0.6) is 0 Å². The van der Waals surface area contributed by atoms with Gasteiger partial charge >= 0.3 is 0 Å². The second-order valence-corrected chi connectivity index (χ2v) is 12.0. The second-order valence-electron chi connectivity index (χ2n) is 12.0. The number of rotatable bonds is 6. The fourth-order valence-corrected chi connectivity index (χ4v) is 5.44. The third-order valence-corrected chi connectivity index (χ3v) is 8.15. The van der Waals surface area contributed by atoms with Crippen molar-refractivity contribution in [2.75, 3.05) is 0 Å². The van der Waals surface area contributed by atoms with Gasteiger partial charge in [-0.05, 0) is 83.8 Å². The monoisotopic (exact) mass is 539 g/mol. The van der Waals surface area contributed by atoms with Crippen LogP contribution in [-0.4, -0.2) is 10.5 Å². The van der Waals surface area contributed by atoms with Gasteiger partial charge in [0.1, 0.15) is 0 Å². The molecule has 1 amide bonds. The van der Waals surface area contributed by atoms with E-state index in [9.17, 15) is 10.1 Å². The van der Waals surface area contributed by atoms with E-state index < -0.39 is 0 Å². The van der Waals surface area contributed by atoms with E-state index in [4.69, 9.17) is 0 Å². The van der Waals surface area contributed by atoms with Crippen molar-refractivity contribution in [1.82, 2.24) is 9.88 Å². The number of aryl methyl sites for hydroxylation is 1. The van der Waals surface area contributed by atoms with Crippen molar-refractivity contribution in [3.8, 4) is 17.2 Å². The summed E-state index contributed by atoms with van der Waals surface area (Å²) in [6, 6.07) is 32.8. The molecule has 0 spiro atoms. The van der Waals surface area contributed by atoms with Gasteiger partial charge in [0, 0.05) is 28.7 Å². The van der Waals surface area contributed by atoms with Crippen molar-refractivity contribution in [1.29, 1.82) is 5.26 Å². The number of benzene rings is 4. The predicted molar refractivity (Wildman–Crippen MR) is 168 cm³/mol. The van der Waals surface area contributed by atoms with Gasteiger partial charge in [0.2, 0.25) is 0 Å². The van der Waals surface area contributed by atoms with Gasteiger partial charge in [-0.25, -0.2) is 0 Å². The molecule has 1 heterocycles. The summed E-state index contributed by atoms with van der Waals surface area (Å²) in [5.41, 5.74) is 10.4. The zero-order valence-electron chi connectivity index (χ0n) is 24.7. The third kappa shape index (κ3) is 5.67. The molecule has 0 aliphatic heterocycles. The minimum Gasteiger partial charge on any atom is -0.346 e. The maximum Gasteiger partial charge on any atom is 0.251 e. The number of hydrogen-bond acceptors (Lipinski definition) is 2. The number of nitrogens with one attached hydrogen (secondary N) is 1. The second kappa shape index (κ2) is 11.1. The molecule has 1 aromatic heterocycles. The summed E-state index contributed by atoms with van der Waals surface area (Å²) in [4.78, 5) is 13.3. The SMILES string of the molecule is Cc1c(C)n(Cc2ccc(-c3ccccc3C#N)cc2)c2ccc(C(=O)N[C@@H](C)c3cccc(C(C)(C)C)c3)cc12. The lowest BCUT2D eigenvalue weighted by Crippen LogP contribution is -2.27. The first-order valence-electron chi connectivity index (χ1n) is 14.2. The van der Waals surface area contributed by atoms with Crippen LogP contribution in [0.3, 0.4) is 0 Å². The van der Waals surface area contributed by atoms with E-state index >= 15 is 0 Å². The van der Waals surface area contributed by atoms with Gasteiger partial charge in [0.15, 0.2) is 0 Å². The molecule has 0 radical (unpaired) electrons. The summed E-state index contributed by atoms with van der Waals surface area (Å²) in [5.74, 6) is -0.0707. The van der Waals surface area contributed by atoms with Crippen LogP contribution in [0.1, 0.15) is 77.6 Å². The average molecular weight is 540 g/mol. The number of aromatic nitrogens is 1. The zero-order valence-corrected chi connectivity index (χ0v) is 24.7. The lowest BCUT2D eigenvalue weighted by Gasteiger charge is -2.22. The lowest BCUT2D eigenvalue weighted by atomic mass is 9.85. The van der Waals surface area contributed by atoms with Crippen molar-refractivity contribution in [3.05, 3.63) is 130 Å². The standard InChI is InChI=1S/C37H37N3O/c1-24-26(3)40(23-27-14-16-28(17-15-27)33-13-8-7-10-31(33)22-38)35-19-18-30(21-34(24)35)36(41)39-25(2)29-11-9-12-32(20-29)37(4,5)6/h7-21,25H,23H2,1-6H3,(H,39,41)/t25-/m0/s1. The van der Waals surface area contributed by atoms with Crippen LogP contribution in [-0.2, 0) is 12.0 Å². The van der Waals surface area contributed by atoms with E-state index in [1.165, 1.54) is 22.4 Å². The molecule has 4 heteroatoms. The Morgan fingerprint density at radius 2 is 1.66 bits per heavy atom. The molecule has 4 aromatic carbocycles. The summed E-state index contributed by atoms with van der Waals surface area (Å²) < 4.78 is 2.31. The van der Waals surface area contributed by atoms with Crippen LogP contribution in [0.4, 0.5) is 0 Å². The Morgan fingerprint density at radius 3 is 2.37 bits per heavy atom. The molecule has 0 bridgehead atoms. The fourth-order valence-electron chi connectivity index (χ4n) is 5.44. The Kier molecular flexibility index (Phi) is 7.56. The molecule has 0 saturated heterocycles. The Morgan fingerprint density at radius 1 is 0.927 bits per heavy atom. The van der Waals surface area contributed by atoms with Crippen molar-refractivity contribution in [2.24, 2.45) is 0 Å². The van der Waals surface area contributed by atoms with Gasteiger partial charge in [0.05, 0.1) is 17.7 Å². The number of hydrogen-bond donors (Lipinski definition) is 1. The number of nitrogens with zero attached hydrogens (tertiary/aromatic N) is 2. The summed E-state index contributed by atoms with van der Waals surface area (Å²) in [5, 5.41) is 13.8. The highest BCUT2D eigenvalue weighted by atomic mass is 16.1. The lowest BCUT2D eigenvalue weighted by molar-refractivity contribution is 0.0940. The van der Waals surface area contributed by atoms with Gasteiger partial charge in [-0.2, -0.15) is 5.26 Å². The average Bonchev–Trinajstić information content (AvgIpc) is 3.21. The highest BCUT2D eigenvalue weighted by Gasteiger charge is 2.18. The molecule has 4 nitrogen and oxygen atoms in total. The Bertz CT molecular complexity index is 1780. The van der Waals surface area contributed by atoms with Gasteiger partial charge < -0.3 is 9.88 Å².